The van der Waals surface area contributed by atoms with Crippen LogP contribution in [-0.2, 0) is 0 Å². The van der Waals surface area contributed by atoms with Gasteiger partial charge in [-0.15, -0.1) is 0 Å². The van der Waals surface area contributed by atoms with E-state index >= 15 is 0 Å². The van der Waals surface area contributed by atoms with Crippen molar-refractivity contribution in [2.75, 3.05) is 5.32 Å². The van der Waals surface area contributed by atoms with Gasteiger partial charge in [-0.25, -0.2) is 10.2 Å². The Morgan fingerprint density at radius 1 is 1.47 bits per heavy atom. The van der Waals surface area contributed by atoms with Gasteiger partial charge < -0.3 is 10.7 Å². The highest BCUT2D eigenvalue weighted by molar-refractivity contribution is 7.80. The van der Waals surface area contributed by atoms with Crippen LogP contribution in [0.15, 0.2) is 18.2 Å². The number of rotatable bonds is 2. The highest BCUT2D eigenvalue weighted by Gasteiger charge is 2.11. The monoisotopic (exact) mass is 227 g/mol. The van der Waals surface area contributed by atoms with Gasteiger partial charge in [-0.3, -0.25) is 0 Å². The van der Waals surface area contributed by atoms with Gasteiger partial charge in [-0.2, -0.15) is 0 Å². The van der Waals surface area contributed by atoms with E-state index in [9.17, 15) is 4.39 Å². The van der Waals surface area contributed by atoms with Gasteiger partial charge in [-0.1, -0.05) is 26.0 Å². The van der Waals surface area contributed by atoms with Crippen LogP contribution in [-0.4, -0.2) is 5.11 Å². The van der Waals surface area contributed by atoms with Gasteiger partial charge >= 0.3 is 0 Å². The highest BCUT2D eigenvalue weighted by atomic mass is 32.1. The zero-order valence-corrected chi connectivity index (χ0v) is 9.49. The van der Waals surface area contributed by atoms with E-state index in [2.05, 4.69) is 10.7 Å². The van der Waals surface area contributed by atoms with Gasteiger partial charge in [0.15, 0.2) is 5.11 Å². The second-order valence-corrected chi connectivity index (χ2v) is 3.87. The SMILES string of the molecule is CC(C)c1cccc(F)c1NC(=S)NN. The topological polar surface area (TPSA) is 50.1 Å². The van der Waals surface area contributed by atoms with Crippen LogP contribution in [0, 0.1) is 5.82 Å². The molecule has 1 aromatic carbocycles. The molecule has 0 saturated heterocycles. The molecule has 1 aromatic rings. The lowest BCUT2D eigenvalue weighted by atomic mass is 10.0. The first-order chi connectivity index (χ1) is 7.06. The van der Waals surface area contributed by atoms with E-state index in [1.54, 1.807) is 6.07 Å². The molecule has 0 fully saturated rings. The van der Waals surface area contributed by atoms with Gasteiger partial charge in [0.2, 0.25) is 0 Å². The molecule has 0 aliphatic rings. The molecule has 1 rings (SSSR count). The minimum Gasteiger partial charge on any atom is -0.329 e. The van der Waals surface area contributed by atoms with Gasteiger partial charge in [0.1, 0.15) is 5.82 Å². The number of hydrogen-bond donors (Lipinski definition) is 3. The minimum atomic E-state index is -0.334. The van der Waals surface area contributed by atoms with Gasteiger partial charge in [0, 0.05) is 0 Å². The molecule has 5 heteroatoms. The zero-order chi connectivity index (χ0) is 11.4. The smallest absolute Gasteiger partial charge is 0.185 e. The van der Waals surface area contributed by atoms with E-state index in [-0.39, 0.29) is 16.8 Å². The first-order valence-corrected chi connectivity index (χ1v) is 5.03. The van der Waals surface area contributed by atoms with Crippen molar-refractivity contribution in [3.05, 3.63) is 29.6 Å². The average Bonchev–Trinajstić information content (AvgIpc) is 2.20. The number of anilines is 1. The van der Waals surface area contributed by atoms with Crippen LogP contribution >= 0.6 is 12.2 Å². The summed E-state index contributed by atoms with van der Waals surface area (Å²) in [6.45, 7) is 3.97. The molecule has 0 amide bonds. The minimum absolute atomic E-state index is 0.196. The van der Waals surface area contributed by atoms with Crippen LogP contribution in [0.5, 0.6) is 0 Å². The zero-order valence-electron chi connectivity index (χ0n) is 8.67. The molecule has 0 unspecified atom stereocenters. The van der Waals surface area contributed by atoms with Crippen molar-refractivity contribution in [1.82, 2.24) is 5.43 Å². The Labute approximate surface area is 93.8 Å². The van der Waals surface area contributed by atoms with Gasteiger partial charge in [0.25, 0.3) is 0 Å². The molecule has 3 nitrogen and oxygen atoms in total. The number of para-hydroxylation sites is 1. The molecular weight excluding hydrogens is 213 g/mol. The Hall–Kier alpha value is -1.20. The number of thiocarbonyl (C=S) groups is 1. The molecule has 82 valence electrons. The second-order valence-electron chi connectivity index (χ2n) is 3.46. The fraction of sp³-hybridized carbons (Fsp3) is 0.300. The van der Waals surface area contributed by atoms with Gasteiger partial charge in [-0.05, 0) is 29.8 Å². The van der Waals surface area contributed by atoms with E-state index in [1.165, 1.54) is 6.07 Å². The molecule has 0 aliphatic heterocycles. The summed E-state index contributed by atoms with van der Waals surface area (Å²) in [6.07, 6.45) is 0. The maximum absolute atomic E-state index is 13.5. The van der Waals surface area contributed by atoms with Crippen LogP contribution in [0.4, 0.5) is 10.1 Å². The van der Waals surface area contributed by atoms with Crippen molar-refractivity contribution in [3.8, 4) is 0 Å². The molecule has 0 saturated carbocycles. The third kappa shape index (κ3) is 2.87. The first kappa shape index (κ1) is 11.9. The number of hydrazine groups is 1. The number of benzene rings is 1. The normalized spacial score (nSPS) is 10.2. The lowest BCUT2D eigenvalue weighted by molar-refractivity contribution is 0.628. The van der Waals surface area contributed by atoms with Crippen LogP contribution in [0.25, 0.3) is 0 Å². The second kappa shape index (κ2) is 5.04. The molecule has 0 aromatic heterocycles. The summed E-state index contributed by atoms with van der Waals surface area (Å²) in [6, 6.07) is 4.91. The predicted molar refractivity (Wildman–Crippen MR) is 64.0 cm³/mol. The largest absolute Gasteiger partial charge is 0.329 e. The maximum atomic E-state index is 13.5. The fourth-order valence-corrected chi connectivity index (χ4v) is 1.41. The van der Waals surface area contributed by atoms with E-state index in [0.29, 0.717) is 5.69 Å². The molecule has 0 bridgehead atoms. The van der Waals surface area contributed by atoms with Crippen molar-refractivity contribution in [1.29, 1.82) is 0 Å². The Bertz CT molecular complexity index is 366. The lowest BCUT2D eigenvalue weighted by Crippen LogP contribution is -2.34. The molecule has 0 radical (unpaired) electrons. The Morgan fingerprint density at radius 3 is 2.67 bits per heavy atom. The maximum Gasteiger partial charge on any atom is 0.185 e. The van der Waals surface area contributed by atoms with Crippen molar-refractivity contribution in [2.45, 2.75) is 19.8 Å². The summed E-state index contributed by atoms with van der Waals surface area (Å²) in [5, 5.41) is 2.93. The van der Waals surface area contributed by atoms with Crippen LogP contribution < -0.4 is 16.6 Å². The van der Waals surface area contributed by atoms with E-state index < -0.39 is 0 Å². The Kier molecular flexibility index (Phi) is 3.99. The van der Waals surface area contributed by atoms with Crippen LogP contribution in [0.1, 0.15) is 25.3 Å². The van der Waals surface area contributed by atoms with Crippen molar-refractivity contribution in [2.24, 2.45) is 5.84 Å². The molecule has 0 atom stereocenters. The van der Waals surface area contributed by atoms with Crippen molar-refractivity contribution < 1.29 is 4.39 Å². The number of hydrogen-bond acceptors (Lipinski definition) is 2. The summed E-state index contributed by atoms with van der Waals surface area (Å²) in [4.78, 5) is 0. The van der Waals surface area contributed by atoms with Crippen molar-refractivity contribution in [3.63, 3.8) is 0 Å². The van der Waals surface area contributed by atoms with E-state index in [1.807, 2.05) is 19.9 Å². The molecule has 0 aliphatic carbocycles. The summed E-state index contributed by atoms with van der Waals surface area (Å²) >= 11 is 4.83. The summed E-state index contributed by atoms with van der Waals surface area (Å²) in [5.74, 6) is 5.00. The standard InChI is InChI=1S/C10H14FN3S/c1-6(2)7-4-3-5-8(11)9(7)13-10(15)14-12/h3-6H,12H2,1-2H3,(H2,13,14,15). The fourth-order valence-electron chi connectivity index (χ4n) is 1.30. The lowest BCUT2D eigenvalue weighted by Gasteiger charge is -2.15. The van der Waals surface area contributed by atoms with E-state index in [4.69, 9.17) is 18.1 Å². The van der Waals surface area contributed by atoms with E-state index in [0.717, 1.165) is 5.56 Å². The third-order valence-corrected chi connectivity index (χ3v) is 2.26. The number of nitrogens with one attached hydrogen (secondary N) is 2. The number of nitrogens with two attached hydrogens (primary N) is 1. The summed E-state index contributed by atoms with van der Waals surface area (Å²) in [7, 11) is 0. The van der Waals surface area contributed by atoms with Crippen LogP contribution in [0.2, 0.25) is 0 Å². The average molecular weight is 227 g/mol. The molecule has 15 heavy (non-hydrogen) atoms. The Morgan fingerprint density at radius 2 is 2.13 bits per heavy atom. The Balaban J connectivity index is 3.07. The summed E-state index contributed by atoms with van der Waals surface area (Å²) in [5.41, 5.74) is 3.51. The van der Waals surface area contributed by atoms with Crippen LogP contribution in [0.3, 0.4) is 0 Å². The highest BCUT2D eigenvalue weighted by Crippen LogP contribution is 2.26. The molecule has 0 heterocycles. The summed E-state index contributed by atoms with van der Waals surface area (Å²) < 4.78 is 13.5. The molecule has 4 N–H and O–H groups in total. The van der Waals surface area contributed by atoms with Crippen molar-refractivity contribution >= 4 is 23.0 Å². The number of halogens is 1. The molecular formula is C10H14FN3S. The predicted octanol–water partition coefficient (Wildman–Crippen LogP) is 2.11. The quantitative estimate of drug-likeness (QED) is 0.411. The molecule has 0 spiro atoms. The third-order valence-electron chi connectivity index (χ3n) is 2.04. The first-order valence-electron chi connectivity index (χ1n) is 4.62. The van der Waals surface area contributed by atoms with Gasteiger partial charge in [0.05, 0.1) is 5.69 Å².